The summed E-state index contributed by atoms with van der Waals surface area (Å²) in [5, 5.41) is 17.9. The van der Waals surface area contributed by atoms with Crippen molar-refractivity contribution < 1.29 is 5.11 Å². The zero-order chi connectivity index (χ0) is 14.8. The third-order valence-electron chi connectivity index (χ3n) is 2.21. The third-order valence-corrected chi connectivity index (χ3v) is 2.21. The summed E-state index contributed by atoms with van der Waals surface area (Å²) in [5.41, 5.74) is 6.66. The summed E-state index contributed by atoms with van der Waals surface area (Å²) in [6.45, 7) is 8.00. The molecule has 2 aromatic carbocycles. The van der Waals surface area contributed by atoms with E-state index in [2.05, 4.69) is 10.1 Å². The number of aromatic hydroxyl groups is 1. The van der Waals surface area contributed by atoms with Gasteiger partial charge in [-0.1, -0.05) is 45.9 Å². The minimum absolute atomic E-state index is 0.124. The van der Waals surface area contributed by atoms with Gasteiger partial charge >= 0.3 is 0 Å². The first-order valence-corrected chi connectivity index (χ1v) is 6.35. The lowest BCUT2D eigenvalue weighted by Gasteiger charge is -2.06. The molecule has 2 rings (SSSR count). The quantitative estimate of drug-likeness (QED) is 0.453. The molecule has 0 heterocycles. The molecule has 0 unspecified atom stereocenters. The first-order chi connectivity index (χ1) is 9.24. The monoisotopic (exact) mass is 257 g/mol. The molecule has 3 N–H and O–H groups in total. The average molecular weight is 257 g/mol. The van der Waals surface area contributed by atoms with Crippen molar-refractivity contribution in [2.24, 2.45) is 10.1 Å². The van der Waals surface area contributed by atoms with Gasteiger partial charge in [-0.05, 0) is 17.5 Å². The largest absolute Gasteiger partial charge is 0.507 e. The highest BCUT2D eigenvalue weighted by Gasteiger charge is 2.07. The van der Waals surface area contributed by atoms with Crippen molar-refractivity contribution in [3.8, 4) is 5.75 Å². The van der Waals surface area contributed by atoms with Crippen LogP contribution in [0.15, 0.2) is 40.5 Å². The van der Waals surface area contributed by atoms with E-state index in [1.54, 1.807) is 24.3 Å². The van der Waals surface area contributed by atoms with E-state index in [1.165, 1.54) is 0 Å². The standard InChI is InChI=1S/C10H8BN3O.2C2H6/c11-14-13-7-5-4-6-2-1-3-8(15)9(6)10(7)12;2*1-2/h1-5,15H,12H2;2*1-2H3. The van der Waals surface area contributed by atoms with Gasteiger partial charge < -0.3 is 10.8 Å². The maximum Gasteiger partial charge on any atom is 0.293 e. The number of nitrogens with two attached hydrogens (primary N) is 1. The summed E-state index contributed by atoms with van der Waals surface area (Å²) in [6, 6.07) is 8.68. The normalized spacial score (nSPS) is 9.47. The maximum absolute atomic E-state index is 9.66. The van der Waals surface area contributed by atoms with E-state index in [0.717, 1.165) is 5.39 Å². The van der Waals surface area contributed by atoms with Gasteiger partial charge in [0, 0.05) is 5.39 Å². The smallest absolute Gasteiger partial charge is 0.293 e. The van der Waals surface area contributed by atoms with Crippen molar-refractivity contribution in [2.75, 3.05) is 5.73 Å². The second-order valence-corrected chi connectivity index (χ2v) is 3.09. The molecule has 0 spiro atoms. The second-order valence-electron chi connectivity index (χ2n) is 3.09. The fourth-order valence-corrected chi connectivity index (χ4v) is 1.53. The Morgan fingerprint density at radius 1 is 1.05 bits per heavy atom. The zero-order valence-corrected chi connectivity index (χ0v) is 11.9. The molecule has 2 radical (unpaired) electrons. The lowest BCUT2D eigenvalue weighted by atomic mass is 10.1. The minimum Gasteiger partial charge on any atom is -0.507 e. The molecule has 0 aliphatic heterocycles. The van der Waals surface area contributed by atoms with Crippen molar-refractivity contribution >= 4 is 30.1 Å². The summed E-state index contributed by atoms with van der Waals surface area (Å²) in [7, 11) is 4.95. The van der Waals surface area contributed by atoms with Crippen LogP contribution < -0.4 is 5.73 Å². The van der Waals surface area contributed by atoms with E-state index in [1.807, 2.05) is 33.8 Å². The number of phenolic OH excluding ortho intramolecular Hbond substituents is 1. The molecule has 2 aromatic rings. The number of nitrogens with zero attached hydrogens (tertiary/aromatic N) is 2. The van der Waals surface area contributed by atoms with E-state index in [-0.39, 0.29) is 5.75 Å². The number of fused-ring (bicyclic) bond motifs is 1. The van der Waals surface area contributed by atoms with Crippen LogP contribution in [0.25, 0.3) is 10.8 Å². The van der Waals surface area contributed by atoms with Gasteiger partial charge in [-0.2, -0.15) is 5.11 Å². The Labute approximate surface area is 115 Å². The van der Waals surface area contributed by atoms with E-state index >= 15 is 0 Å². The SMILES string of the molecule is CC.CC.[B]N=Nc1ccc2cccc(O)c2c1N. The molecule has 0 aromatic heterocycles. The fraction of sp³-hybridized carbons (Fsp3) is 0.286. The van der Waals surface area contributed by atoms with E-state index < -0.39 is 0 Å². The minimum atomic E-state index is 0.124. The molecule has 0 atom stereocenters. The van der Waals surface area contributed by atoms with Gasteiger partial charge in [0.1, 0.15) is 11.4 Å². The van der Waals surface area contributed by atoms with Crippen LogP contribution in [0.4, 0.5) is 11.4 Å². The Morgan fingerprint density at radius 2 is 1.68 bits per heavy atom. The van der Waals surface area contributed by atoms with Crippen LogP contribution >= 0.6 is 0 Å². The molecular weight excluding hydrogens is 237 g/mol. The van der Waals surface area contributed by atoms with Crippen LogP contribution in [0.5, 0.6) is 5.75 Å². The Kier molecular flexibility index (Phi) is 8.01. The van der Waals surface area contributed by atoms with Crippen LogP contribution in [0.3, 0.4) is 0 Å². The molecule has 0 aliphatic rings. The molecule has 0 bridgehead atoms. The summed E-state index contributed by atoms with van der Waals surface area (Å²) in [4.78, 5) is 0. The Hall–Kier alpha value is -2.04. The Balaban J connectivity index is 0.000000741. The molecular formula is C14H20BN3O. The lowest BCUT2D eigenvalue weighted by Crippen LogP contribution is -1.88. The zero-order valence-electron chi connectivity index (χ0n) is 11.9. The van der Waals surface area contributed by atoms with Crippen LogP contribution in [-0.2, 0) is 0 Å². The highest BCUT2D eigenvalue weighted by Crippen LogP contribution is 2.36. The van der Waals surface area contributed by atoms with Crippen molar-refractivity contribution in [2.45, 2.75) is 27.7 Å². The van der Waals surface area contributed by atoms with E-state index in [9.17, 15) is 5.11 Å². The van der Waals surface area contributed by atoms with Gasteiger partial charge in [0.15, 0.2) is 0 Å². The molecule has 0 fully saturated rings. The maximum atomic E-state index is 9.66. The number of hydrogen-bond donors (Lipinski definition) is 2. The number of phenols is 1. The fourth-order valence-electron chi connectivity index (χ4n) is 1.53. The van der Waals surface area contributed by atoms with Crippen molar-refractivity contribution in [3.05, 3.63) is 30.3 Å². The molecule has 4 nitrogen and oxygen atoms in total. The van der Waals surface area contributed by atoms with E-state index in [4.69, 9.17) is 13.7 Å². The summed E-state index contributed by atoms with van der Waals surface area (Å²) in [5.74, 6) is 0.124. The van der Waals surface area contributed by atoms with Gasteiger partial charge in [0.2, 0.25) is 0 Å². The highest BCUT2D eigenvalue weighted by molar-refractivity contribution is 6.05. The van der Waals surface area contributed by atoms with Gasteiger partial charge in [0.05, 0.1) is 5.69 Å². The number of rotatable bonds is 1. The number of hydrogen-bond acceptors (Lipinski definition) is 4. The van der Waals surface area contributed by atoms with E-state index in [0.29, 0.717) is 16.8 Å². The van der Waals surface area contributed by atoms with Gasteiger partial charge in [-0.15, -0.1) is 0 Å². The molecule has 0 amide bonds. The van der Waals surface area contributed by atoms with Gasteiger partial charge in [-0.25, -0.2) is 0 Å². The van der Waals surface area contributed by atoms with Crippen molar-refractivity contribution in [1.82, 2.24) is 0 Å². The van der Waals surface area contributed by atoms with Crippen molar-refractivity contribution in [3.63, 3.8) is 0 Å². The van der Waals surface area contributed by atoms with Crippen LogP contribution in [0.2, 0.25) is 0 Å². The molecule has 100 valence electrons. The van der Waals surface area contributed by atoms with Crippen LogP contribution in [0.1, 0.15) is 27.7 Å². The number of nitrogen functional groups attached to an aromatic ring is 1. The first-order valence-electron chi connectivity index (χ1n) is 6.35. The Morgan fingerprint density at radius 3 is 2.26 bits per heavy atom. The third kappa shape index (κ3) is 3.98. The van der Waals surface area contributed by atoms with Crippen LogP contribution in [-0.4, -0.2) is 13.1 Å². The second kappa shape index (κ2) is 8.97. The lowest BCUT2D eigenvalue weighted by molar-refractivity contribution is 0.482. The highest BCUT2D eigenvalue weighted by atomic mass is 16.3. The summed E-state index contributed by atoms with van der Waals surface area (Å²) < 4.78 is 0. The Bertz CT molecular complexity index is 541. The average Bonchev–Trinajstić information content (AvgIpc) is 2.46. The molecule has 5 heteroatoms. The molecule has 0 saturated heterocycles. The van der Waals surface area contributed by atoms with Crippen molar-refractivity contribution in [1.29, 1.82) is 0 Å². The molecule has 0 aliphatic carbocycles. The molecule has 19 heavy (non-hydrogen) atoms. The number of benzene rings is 2. The summed E-state index contributed by atoms with van der Waals surface area (Å²) >= 11 is 0. The predicted molar refractivity (Wildman–Crippen MR) is 83.0 cm³/mol. The molecule has 0 saturated carbocycles. The topological polar surface area (TPSA) is 71.0 Å². The summed E-state index contributed by atoms with van der Waals surface area (Å²) in [6.07, 6.45) is 0. The number of anilines is 1. The first kappa shape index (κ1) is 17.0. The van der Waals surface area contributed by atoms with Gasteiger partial charge in [0.25, 0.3) is 7.98 Å². The van der Waals surface area contributed by atoms with Crippen LogP contribution in [0, 0.1) is 0 Å². The predicted octanol–water partition coefficient (Wildman–Crippen LogP) is 4.35. The van der Waals surface area contributed by atoms with Gasteiger partial charge in [-0.3, -0.25) is 5.03 Å².